The minimum absolute atomic E-state index is 0.0671. The lowest BCUT2D eigenvalue weighted by Crippen LogP contribution is -2.44. The van der Waals surface area contributed by atoms with Gasteiger partial charge in [-0.1, -0.05) is 24.3 Å². The van der Waals surface area contributed by atoms with E-state index in [-0.39, 0.29) is 37.1 Å². The van der Waals surface area contributed by atoms with Crippen LogP contribution in [-0.2, 0) is 29.0 Å². The fourth-order valence-electron chi connectivity index (χ4n) is 3.89. The highest BCUT2D eigenvalue weighted by atomic mass is 32.1. The molecule has 0 saturated carbocycles. The molecule has 0 aliphatic rings. The zero-order chi connectivity index (χ0) is 26.8. The number of amides is 2. The largest absolute Gasteiger partial charge is 0.493 e. The van der Waals surface area contributed by atoms with Gasteiger partial charge in [-0.3, -0.25) is 9.59 Å². The Labute approximate surface area is 221 Å². The minimum atomic E-state index is -0.358. The zero-order valence-electron chi connectivity index (χ0n) is 21.5. The van der Waals surface area contributed by atoms with E-state index in [1.165, 1.54) is 17.0 Å². The molecule has 2 aromatic carbocycles. The van der Waals surface area contributed by atoms with Crippen LogP contribution in [0.1, 0.15) is 21.6 Å². The number of benzene rings is 2. The minimum Gasteiger partial charge on any atom is -0.493 e. The fraction of sp³-hybridized carbons (Fsp3) is 0.310. The van der Waals surface area contributed by atoms with Gasteiger partial charge in [-0.2, -0.15) is 0 Å². The molecular weight excluding hydrogens is 491 g/mol. The number of halogens is 1. The van der Waals surface area contributed by atoms with Crippen molar-refractivity contribution in [2.75, 3.05) is 33.9 Å². The third-order valence-corrected chi connectivity index (χ3v) is 7.08. The molecule has 37 heavy (non-hydrogen) atoms. The van der Waals surface area contributed by atoms with E-state index in [9.17, 15) is 14.0 Å². The van der Waals surface area contributed by atoms with Crippen LogP contribution in [-0.4, -0.2) is 55.5 Å². The van der Waals surface area contributed by atoms with E-state index in [0.29, 0.717) is 36.6 Å². The maximum Gasteiger partial charge on any atom is 0.242 e. The SMILES string of the molecule is C=CCN(CC(=O)N(CCc1ccc(OC)c(OC)c1)Cc1sccc1C)C(=O)Cc1ccc(F)cc1. The molecule has 0 aliphatic heterocycles. The average Bonchev–Trinajstić information content (AvgIpc) is 3.31. The number of methoxy groups -OCH3 is 2. The third kappa shape index (κ3) is 7.92. The van der Waals surface area contributed by atoms with Crippen LogP contribution in [0.3, 0.4) is 0 Å². The molecule has 0 bridgehead atoms. The van der Waals surface area contributed by atoms with Crippen molar-refractivity contribution < 1.29 is 23.5 Å². The van der Waals surface area contributed by atoms with Gasteiger partial charge in [0.1, 0.15) is 12.4 Å². The van der Waals surface area contributed by atoms with Gasteiger partial charge in [0, 0.05) is 18.0 Å². The summed E-state index contributed by atoms with van der Waals surface area (Å²) >= 11 is 1.61. The Morgan fingerprint density at radius 1 is 0.973 bits per heavy atom. The lowest BCUT2D eigenvalue weighted by Gasteiger charge is -2.27. The summed E-state index contributed by atoms with van der Waals surface area (Å²) in [4.78, 5) is 30.9. The second kappa shape index (κ2) is 13.6. The van der Waals surface area contributed by atoms with Gasteiger partial charge in [0.25, 0.3) is 0 Å². The molecule has 3 rings (SSSR count). The number of nitrogens with zero attached hydrogens (tertiary/aromatic N) is 2. The predicted octanol–water partition coefficient (Wildman–Crippen LogP) is 5.04. The fourth-order valence-corrected chi connectivity index (χ4v) is 4.81. The Balaban J connectivity index is 1.75. The van der Waals surface area contributed by atoms with Crippen LogP contribution in [0, 0.1) is 12.7 Å². The standard InChI is InChI=1S/C29H33FN2O4S/c1-5-14-31(28(33)18-22-6-9-24(30)10-7-22)20-29(34)32(19-27-21(2)13-16-37-27)15-12-23-8-11-25(35-3)26(17-23)36-4/h5-11,13,16-17H,1,12,14-15,18-20H2,2-4H3. The maximum absolute atomic E-state index is 13.5. The number of carbonyl (C=O) groups is 2. The molecule has 0 fully saturated rings. The summed E-state index contributed by atoms with van der Waals surface area (Å²) in [6.07, 6.45) is 2.30. The molecule has 0 saturated heterocycles. The van der Waals surface area contributed by atoms with E-state index in [0.717, 1.165) is 16.0 Å². The van der Waals surface area contributed by atoms with E-state index in [1.807, 2.05) is 36.6 Å². The molecule has 0 unspecified atom stereocenters. The van der Waals surface area contributed by atoms with Crippen molar-refractivity contribution in [3.63, 3.8) is 0 Å². The van der Waals surface area contributed by atoms with Gasteiger partial charge in [0.2, 0.25) is 11.8 Å². The highest BCUT2D eigenvalue weighted by Gasteiger charge is 2.22. The number of thiophene rings is 1. The number of hydrogen-bond acceptors (Lipinski definition) is 5. The number of rotatable bonds is 13. The molecule has 3 aromatic rings. The Bertz CT molecular complexity index is 1210. The lowest BCUT2D eigenvalue weighted by atomic mass is 10.1. The monoisotopic (exact) mass is 524 g/mol. The van der Waals surface area contributed by atoms with Gasteiger partial charge in [-0.05, 0) is 65.7 Å². The number of hydrogen-bond donors (Lipinski definition) is 0. The normalized spacial score (nSPS) is 10.6. The van der Waals surface area contributed by atoms with E-state index < -0.39 is 0 Å². The Kier molecular flexibility index (Phi) is 10.3. The lowest BCUT2D eigenvalue weighted by molar-refractivity contribution is -0.140. The van der Waals surface area contributed by atoms with Gasteiger partial charge in [0.15, 0.2) is 11.5 Å². The molecule has 2 amide bonds. The van der Waals surface area contributed by atoms with E-state index in [4.69, 9.17) is 9.47 Å². The number of carbonyl (C=O) groups excluding carboxylic acids is 2. The summed E-state index contributed by atoms with van der Waals surface area (Å²) in [5.41, 5.74) is 2.82. The molecule has 1 heterocycles. The van der Waals surface area contributed by atoms with Crippen LogP contribution in [0.4, 0.5) is 4.39 Å². The Morgan fingerprint density at radius 2 is 1.68 bits per heavy atom. The quantitative estimate of drug-likeness (QED) is 0.294. The van der Waals surface area contributed by atoms with E-state index >= 15 is 0 Å². The zero-order valence-corrected chi connectivity index (χ0v) is 22.4. The number of ether oxygens (including phenoxy) is 2. The van der Waals surface area contributed by atoms with Crippen LogP contribution >= 0.6 is 11.3 Å². The second-order valence-corrected chi connectivity index (χ2v) is 9.65. The summed E-state index contributed by atoms with van der Waals surface area (Å²) in [5.74, 6) is 0.557. The molecule has 6 nitrogen and oxygen atoms in total. The molecule has 0 radical (unpaired) electrons. The van der Waals surface area contributed by atoms with Crippen LogP contribution in [0.2, 0.25) is 0 Å². The van der Waals surface area contributed by atoms with Crippen molar-refractivity contribution in [3.05, 3.63) is 94.0 Å². The molecular formula is C29H33FN2O4S. The molecule has 0 atom stereocenters. The molecule has 196 valence electrons. The van der Waals surface area contributed by atoms with Crippen molar-refractivity contribution in [2.45, 2.75) is 26.3 Å². The first-order valence-electron chi connectivity index (χ1n) is 12.0. The maximum atomic E-state index is 13.5. The van der Waals surface area contributed by atoms with Gasteiger partial charge in [-0.15, -0.1) is 17.9 Å². The predicted molar refractivity (Wildman–Crippen MR) is 145 cm³/mol. The average molecular weight is 525 g/mol. The van der Waals surface area contributed by atoms with Crippen LogP contribution in [0.25, 0.3) is 0 Å². The first-order chi connectivity index (χ1) is 17.8. The van der Waals surface area contributed by atoms with Crippen molar-refractivity contribution in [2.24, 2.45) is 0 Å². The highest BCUT2D eigenvalue weighted by Crippen LogP contribution is 2.28. The topological polar surface area (TPSA) is 59.1 Å². The van der Waals surface area contributed by atoms with E-state index in [1.54, 1.807) is 48.7 Å². The van der Waals surface area contributed by atoms with Crippen molar-refractivity contribution in [1.82, 2.24) is 9.80 Å². The van der Waals surface area contributed by atoms with Crippen LogP contribution in [0.15, 0.2) is 66.6 Å². The highest BCUT2D eigenvalue weighted by molar-refractivity contribution is 7.10. The second-order valence-electron chi connectivity index (χ2n) is 8.65. The van der Waals surface area contributed by atoms with Gasteiger partial charge in [0.05, 0.1) is 27.2 Å². The molecule has 1 aromatic heterocycles. The smallest absolute Gasteiger partial charge is 0.242 e. The third-order valence-electron chi connectivity index (χ3n) is 6.07. The van der Waals surface area contributed by atoms with Crippen molar-refractivity contribution in [1.29, 1.82) is 0 Å². The van der Waals surface area contributed by atoms with Gasteiger partial charge in [-0.25, -0.2) is 4.39 Å². The summed E-state index contributed by atoms with van der Waals surface area (Å²) in [5, 5.41) is 2.01. The first-order valence-corrected chi connectivity index (χ1v) is 12.9. The van der Waals surface area contributed by atoms with Gasteiger partial charge >= 0.3 is 0 Å². The first kappa shape index (κ1) is 27.9. The Hall–Kier alpha value is -3.65. The van der Waals surface area contributed by atoms with Crippen LogP contribution in [0.5, 0.6) is 11.5 Å². The summed E-state index contributed by atoms with van der Waals surface area (Å²) in [7, 11) is 3.18. The van der Waals surface area contributed by atoms with Gasteiger partial charge < -0.3 is 19.3 Å². The molecule has 8 heteroatoms. The van der Waals surface area contributed by atoms with Crippen molar-refractivity contribution in [3.8, 4) is 11.5 Å². The molecule has 0 spiro atoms. The summed E-state index contributed by atoms with van der Waals surface area (Å²) in [6.45, 7) is 6.88. The summed E-state index contributed by atoms with van der Waals surface area (Å²) < 4.78 is 24.0. The van der Waals surface area contributed by atoms with E-state index in [2.05, 4.69) is 6.58 Å². The molecule has 0 N–H and O–H groups in total. The number of aryl methyl sites for hydroxylation is 1. The Morgan fingerprint density at radius 3 is 2.30 bits per heavy atom. The van der Waals surface area contributed by atoms with Crippen molar-refractivity contribution >= 4 is 23.2 Å². The summed E-state index contributed by atoms with van der Waals surface area (Å²) in [6, 6.07) is 13.6. The molecule has 0 aliphatic carbocycles. The van der Waals surface area contributed by atoms with Crippen LogP contribution < -0.4 is 9.47 Å².